The maximum Gasteiger partial charge on any atom is 0.431 e. The van der Waals surface area contributed by atoms with Gasteiger partial charge in [-0.05, 0) is 49.1 Å². The molecule has 1 amide bonds. The summed E-state index contributed by atoms with van der Waals surface area (Å²) in [7, 11) is -3.47. The van der Waals surface area contributed by atoms with Crippen molar-refractivity contribution in [3.8, 4) is 11.1 Å². The quantitative estimate of drug-likeness (QED) is 0.351. The molecule has 0 saturated carbocycles. The van der Waals surface area contributed by atoms with Crippen LogP contribution < -0.4 is 0 Å². The van der Waals surface area contributed by atoms with Gasteiger partial charge in [0.15, 0.2) is 0 Å². The van der Waals surface area contributed by atoms with E-state index >= 15 is 4.39 Å². The molecule has 4 rings (SSSR count). The van der Waals surface area contributed by atoms with Crippen LogP contribution in [0.1, 0.15) is 40.2 Å². The van der Waals surface area contributed by atoms with E-state index in [1.165, 1.54) is 24.0 Å². The lowest BCUT2D eigenvalue weighted by Crippen LogP contribution is -2.40. The number of hydrogen-bond acceptors (Lipinski definition) is 3. The molecule has 0 aliphatic carbocycles. The van der Waals surface area contributed by atoms with Crippen LogP contribution in [0.2, 0.25) is 5.02 Å². The van der Waals surface area contributed by atoms with Crippen LogP contribution in [0.15, 0.2) is 48.5 Å². The Hall–Kier alpha value is -2.85. The van der Waals surface area contributed by atoms with Gasteiger partial charge in [-0.3, -0.25) is 4.79 Å². The molecule has 1 aliphatic rings. The Morgan fingerprint density at radius 1 is 1.14 bits per heavy atom. The summed E-state index contributed by atoms with van der Waals surface area (Å²) in [6.07, 6.45) is -2.91. The van der Waals surface area contributed by atoms with E-state index in [0.717, 1.165) is 16.9 Å². The summed E-state index contributed by atoms with van der Waals surface area (Å²) in [4.78, 5) is 15.3. The van der Waals surface area contributed by atoms with E-state index in [2.05, 4.69) is 0 Å². The first kappa shape index (κ1) is 27.2. The Kier molecular flexibility index (Phi) is 7.45. The van der Waals surface area contributed by atoms with Gasteiger partial charge in [0.1, 0.15) is 27.0 Å². The number of carbonyl (C=O) groups excluding carboxylic acids is 1. The normalized spacial score (nSPS) is 16.4. The van der Waals surface area contributed by atoms with Gasteiger partial charge in [-0.1, -0.05) is 41.9 Å². The monoisotopic (exact) mass is 556 g/mol. The lowest BCUT2D eigenvalue weighted by molar-refractivity contribution is -0.143. The van der Waals surface area contributed by atoms with Gasteiger partial charge in [0, 0.05) is 41.5 Å². The van der Waals surface area contributed by atoms with Crippen molar-refractivity contribution in [3.63, 3.8) is 0 Å². The van der Waals surface area contributed by atoms with Crippen molar-refractivity contribution in [2.75, 3.05) is 18.6 Å². The molecule has 1 aromatic heterocycles. The number of rotatable bonds is 6. The fraction of sp³-hybridized carbons (Fsp3) is 0.346. The van der Waals surface area contributed by atoms with E-state index in [-0.39, 0.29) is 46.2 Å². The van der Waals surface area contributed by atoms with Crippen LogP contribution in [0.3, 0.4) is 0 Å². The molecule has 0 N–H and O–H groups in total. The number of benzene rings is 2. The van der Waals surface area contributed by atoms with E-state index in [9.17, 15) is 26.4 Å². The molecule has 1 fully saturated rings. The van der Waals surface area contributed by atoms with Crippen LogP contribution in [0.4, 0.5) is 17.6 Å². The summed E-state index contributed by atoms with van der Waals surface area (Å²) < 4.78 is 83.5. The zero-order valence-electron chi connectivity index (χ0n) is 20.1. The SMILES string of the molecule is Cc1c(-c2ccc(Cl)cc2F)c(C(=O)N2CCCC2CS(C)(=O)=O)n(Cc2ccccc2)c1C(F)(F)F. The third-order valence-electron chi connectivity index (χ3n) is 6.50. The number of alkyl halides is 3. The number of aromatic nitrogens is 1. The van der Waals surface area contributed by atoms with Crippen LogP contribution in [0.5, 0.6) is 0 Å². The minimum absolute atomic E-state index is 0.0549. The standard InChI is InChI=1S/C26H25ClF4N2O3S/c1-16-22(20-11-10-18(27)13-21(20)28)23(25(34)32-12-6-9-19(32)15-37(2,35)36)33(24(16)26(29,30)31)14-17-7-4-3-5-8-17/h3-5,7-8,10-11,13,19H,6,9,12,14-15H2,1-2H3. The molecule has 1 saturated heterocycles. The first-order valence-corrected chi connectivity index (χ1v) is 14.0. The zero-order valence-corrected chi connectivity index (χ0v) is 21.7. The maximum absolute atomic E-state index is 15.1. The van der Waals surface area contributed by atoms with Gasteiger partial charge in [0.25, 0.3) is 5.91 Å². The van der Waals surface area contributed by atoms with E-state index in [0.29, 0.717) is 18.4 Å². The fourth-order valence-electron chi connectivity index (χ4n) is 5.04. The van der Waals surface area contributed by atoms with E-state index < -0.39 is 39.5 Å². The smallest absolute Gasteiger partial charge is 0.333 e. The third kappa shape index (κ3) is 5.70. The summed E-state index contributed by atoms with van der Waals surface area (Å²) in [5.41, 5.74) is -1.58. The van der Waals surface area contributed by atoms with Crippen LogP contribution in [0, 0.1) is 12.7 Å². The molecule has 11 heteroatoms. The van der Waals surface area contributed by atoms with Crippen LogP contribution in [-0.4, -0.2) is 48.4 Å². The molecule has 2 aromatic carbocycles. The highest BCUT2D eigenvalue weighted by Crippen LogP contribution is 2.43. The van der Waals surface area contributed by atoms with Crippen molar-refractivity contribution in [2.45, 2.75) is 38.5 Å². The first-order valence-electron chi connectivity index (χ1n) is 11.6. The maximum atomic E-state index is 15.1. The number of carbonyl (C=O) groups is 1. The summed E-state index contributed by atoms with van der Waals surface area (Å²) in [6, 6.07) is 11.2. The van der Waals surface area contributed by atoms with Crippen LogP contribution in [-0.2, 0) is 22.6 Å². The third-order valence-corrected chi connectivity index (χ3v) is 7.72. The summed E-state index contributed by atoms with van der Waals surface area (Å²) in [5, 5.41) is 0.0549. The lowest BCUT2D eigenvalue weighted by Gasteiger charge is -2.26. The van der Waals surface area contributed by atoms with E-state index in [1.807, 2.05) is 0 Å². The molecule has 0 spiro atoms. The highest BCUT2D eigenvalue weighted by Gasteiger charge is 2.43. The van der Waals surface area contributed by atoms with Crippen molar-refractivity contribution in [1.82, 2.24) is 9.47 Å². The molecule has 2 heterocycles. The molecule has 1 atom stereocenters. The topological polar surface area (TPSA) is 59.4 Å². The molecule has 1 aliphatic heterocycles. The van der Waals surface area contributed by atoms with Crippen molar-refractivity contribution in [3.05, 3.63) is 81.9 Å². The summed E-state index contributed by atoms with van der Waals surface area (Å²) in [6.45, 7) is 1.10. The largest absolute Gasteiger partial charge is 0.431 e. The Labute approximate surface area is 217 Å². The summed E-state index contributed by atoms with van der Waals surface area (Å²) >= 11 is 5.89. The molecule has 198 valence electrons. The number of amides is 1. The Morgan fingerprint density at radius 3 is 2.41 bits per heavy atom. The fourth-order valence-corrected chi connectivity index (χ4v) is 6.25. The van der Waals surface area contributed by atoms with Crippen molar-refractivity contribution >= 4 is 27.3 Å². The molecule has 1 unspecified atom stereocenters. The number of halogens is 5. The second-order valence-electron chi connectivity index (χ2n) is 9.28. The Morgan fingerprint density at radius 2 is 1.81 bits per heavy atom. The Balaban J connectivity index is 2.00. The average Bonchev–Trinajstić information content (AvgIpc) is 3.34. The van der Waals surface area contributed by atoms with Gasteiger partial charge in [0.2, 0.25) is 0 Å². The highest BCUT2D eigenvalue weighted by molar-refractivity contribution is 7.90. The zero-order chi connectivity index (χ0) is 27.1. The van der Waals surface area contributed by atoms with Crippen LogP contribution >= 0.6 is 11.6 Å². The average molecular weight is 557 g/mol. The lowest BCUT2D eigenvalue weighted by atomic mass is 9.99. The molecular weight excluding hydrogens is 532 g/mol. The molecule has 0 bridgehead atoms. The van der Waals surface area contributed by atoms with E-state index in [1.54, 1.807) is 30.3 Å². The second kappa shape index (κ2) is 10.1. The van der Waals surface area contributed by atoms with Crippen LogP contribution in [0.25, 0.3) is 11.1 Å². The molecule has 0 radical (unpaired) electrons. The predicted molar refractivity (Wildman–Crippen MR) is 134 cm³/mol. The van der Waals surface area contributed by atoms with Crippen molar-refractivity contribution < 1.29 is 30.8 Å². The first-order chi connectivity index (χ1) is 17.3. The van der Waals surface area contributed by atoms with Crippen molar-refractivity contribution in [1.29, 1.82) is 0 Å². The van der Waals surface area contributed by atoms with E-state index in [4.69, 9.17) is 11.6 Å². The number of hydrogen-bond donors (Lipinski definition) is 0. The van der Waals surface area contributed by atoms with Gasteiger partial charge in [-0.15, -0.1) is 0 Å². The summed E-state index contributed by atoms with van der Waals surface area (Å²) in [5.74, 6) is -1.96. The number of sulfone groups is 1. The second-order valence-corrected chi connectivity index (χ2v) is 11.9. The van der Waals surface area contributed by atoms with Gasteiger partial charge < -0.3 is 9.47 Å². The van der Waals surface area contributed by atoms with Gasteiger partial charge in [-0.2, -0.15) is 13.2 Å². The van der Waals surface area contributed by atoms with Gasteiger partial charge in [0.05, 0.1) is 5.75 Å². The number of likely N-dealkylation sites (tertiary alicyclic amines) is 1. The number of nitrogens with zero attached hydrogens (tertiary/aromatic N) is 2. The molecule has 3 aromatic rings. The van der Waals surface area contributed by atoms with Crippen molar-refractivity contribution in [2.24, 2.45) is 0 Å². The molecular formula is C26H25ClF4N2O3S. The highest BCUT2D eigenvalue weighted by atomic mass is 35.5. The molecule has 5 nitrogen and oxygen atoms in total. The Bertz CT molecular complexity index is 1440. The van der Waals surface area contributed by atoms with Gasteiger partial charge >= 0.3 is 6.18 Å². The molecule has 37 heavy (non-hydrogen) atoms. The minimum Gasteiger partial charge on any atom is -0.333 e. The van der Waals surface area contributed by atoms with Gasteiger partial charge in [-0.25, -0.2) is 12.8 Å². The predicted octanol–water partition coefficient (Wildman–Crippen LogP) is 5.97. The minimum atomic E-state index is -4.85.